The van der Waals surface area contributed by atoms with Crippen LogP contribution >= 0.6 is 11.8 Å². The molecule has 6 heteroatoms. The lowest BCUT2D eigenvalue weighted by molar-refractivity contribution is -0.113. The Kier molecular flexibility index (Phi) is 4.50. The molecule has 0 radical (unpaired) electrons. The van der Waals surface area contributed by atoms with E-state index < -0.39 is 0 Å². The highest BCUT2D eigenvalue weighted by molar-refractivity contribution is 7.99. The van der Waals surface area contributed by atoms with Gasteiger partial charge in [-0.1, -0.05) is 48.2 Å². The number of hydrogen-bond acceptors (Lipinski definition) is 4. The predicted octanol–water partition coefficient (Wildman–Crippen LogP) is 4.46. The van der Waals surface area contributed by atoms with Crippen molar-refractivity contribution in [2.24, 2.45) is 0 Å². The van der Waals surface area contributed by atoms with Crippen molar-refractivity contribution in [2.75, 3.05) is 18.2 Å². The Morgan fingerprint density at radius 2 is 2.00 bits per heavy atom. The summed E-state index contributed by atoms with van der Waals surface area (Å²) in [7, 11) is 1.63. The Hall–Kier alpha value is -2.99. The highest BCUT2D eigenvalue weighted by atomic mass is 32.2. The molecule has 0 aliphatic heterocycles. The van der Waals surface area contributed by atoms with Crippen LogP contribution in [0.2, 0.25) is 0 Å². The number of aromatic nitrogens is 2. The molecule has 0 spiro atoms. The minimum atomic E-state index is -0.0654. The Morgan fingerprint density at radius 1 is 1.15 bits per heavy atom. The summed E-state index contributed by atoms with van der Waals surface area (Å²) >= 11 is 1.37. The standard InChI is InChI=1S/C20H17N3O2S/c1-25-14-9-10-17-18(11-14)23-20(22-17)26-12-19(24)21-16-8-4-6-13-5-2-3-7-15(13)16/h2-11H,12H2,1H3,(H,21,24)(H,22,23). The van der Waals surface area contributed by atoms with E-state index >= 15 is 0 Å². The smallest absolute Gasteiger partial charge is 0.234 e. The Balaban J connectivity index is 1.45. The molecule has 0 saturated carbocycles. The van der Waals surface area contributed by atoms with E-state index in [9.17, 15) is 4.79 Å². The summed E-state index contributed by atoms with van der Waals surface area (Å²) in [5.41, 5.74) is 2.56. The largest absolute Gasteiger partial charge is 0.497 e. The van der Waals surface area contributed by atoms with Crippen LogP contribution in [0.15, 0.2) is 65.8 Å². The molecule has 4 rings (SSSR count). The lowest BCUT2D eigenvalue weighted by Crippen LogP contribution is -2.14. The third-order valence-corrected chi connectivity index (χ3v) is 4.94. The maximum absolute atomic E-state index is 12.4. The second kappa shape index (κ2) is 7.09. The average molecular weight is 363 g/mol. The monoisotopic (exact) mass is 363 g/mol. The van der Waals surface area contributed by atoms with E-state index in [1.165, 1.54) is 11.8 Å². The minimum absolute atomic E-state index is 0.0654. The lowest BCUT2D eigenvalue weighted by atomic mass is 10.1. The second-order valence-corrected chi connectivity index (χ2v) is 6.75. The van der Waals surface area contributed by atoms with Crippen LogP contribution in [0.5, 0.6) is 5.75 Å². The van der Waals surface area contributed by atoms with Crippen molar-refractivity contribution in [3.63, 3.8) is 0 Å². The highest BCUT2D eigenvalue weighted by Crippen LogP contribution is 2.25. The number of ether oxygens (including phenoxy) is 1. The molecular weight excluding hydrogens is 346 g/mol. The second-order valence-electron chi connectivity index (χ2n) is 5.79. The fourth-order valence-electron chi connectivity index (χ4n) is 2.82. The molecule has 0 bridgehead atoms. The summed E-state index contributed by atoms with van der Waals surface area (Å²) in [4.78, 5) is 20.1. The predicted molar refractivity (Wildman–Crippen MR) is 106 cm³/mol. The molecular formula is C20H17N3O2S. The van der Waals surface area contributed by atoms with Gasteiger partial charge in [0.15, 0.2) is 5.16 Å². The molecule has 26 heavy (non-hydrogen) atoms. The Bertz CT molecular complexity index is 1090. The molecule has 0 unspecified atom stereocenters. The number of benzene rings is 3. The number of nitrogens with one attached hydrogen (secondary N) is 2. The van der Waals surface area contributed by atoms with Gasteiger partial charge >= 0.3 is 0 Å². The summed E-state index contributed by atoms with van der Waals surface area (Å²) in [6, 6.07) is 19.5. The molecule has 0 saturated heterocycles. The third kappa shape index (κ3) is 3.36. The maximum Gasteiger partial charge on any atom is 0.234 e. The first-order chi connectivity index (χ1) is 12.7. The summed E-state index contributed by atoms with van der Waals surface area (Å²) in [6.07, 6.45) is 0. The molecule has 2 N–H and O–H groups in total. The zero-order chi connectivity index (χ0) is 17.9. The molecule has 0 atom stereocenters. The number of nitrogens with zero attached hydrogens (tertiary/aromatic N) is 1. The number of aromatic amines is 1. The summed E-state index contributed by atoms with van der Waals surface area (Å²) in [6.45, 7) is 0. The van der Waals surface area contributed by atoms with E-state index in [1.54, 1.807) is 7.11 Å². The molecule has 1 aromatic heterocycles. The number of carbonyl (C=O) groups excluding carboxylic acids is 1. The Labute approximate surface area is 154 Å². The minimum Gasteiger partial charge on any atom is -0.497 e. The number of anilines is 1. The quantitative estimate of drug-likeness (QED) is 0.514. The topological polar surface area (TPSA) is 67.0 Å². The number of carbonyl (C=O) groups is 1. The zero-order valence-corrected chi connectivity index (χ0v) is 15.0. The molecule has 3 aromatic carbocycles. The summed E-state index contributed by atoms with van der Waals surface area (Å²) in [5.74, 6) is 0.982. The van der Waals surface area contributed by atoms with Crippen molar-refractivity contribution >= 4 is 45.2 Å². The Morgan fingerprint density at radius 3 is 2.88 bits per heavy atom. The van der Waals surface area contributed by atoms with Crippen LogP contribution in [0, 0.1) is 0 Å². The van der Waals surface area contributed by atoms with E-state index in [4.69, 9.17) is 4.74 Å². The zero-order valence-electron chi connectivity index (χ0n) is 14.2. The van der Waals surface area contributed by atoms with Crippen LogP contribution in [-0.2, 0) is 4.79 Å². The van der Waals surface area contributed by atoms with Crippen LogP contribution in [-0.4, -0.2) is 28.7 Å². The number of imidazole rings is 1. The van der Waals surface area contributed by atoms with Crippen molar-refractivity contribution in [1.29, 1.82) is 0 Å². The number of hydrogen-bond donors (Lipinski definition) is 2. The van der Waals surface area contributed by atoms with Gasteiger partial charge in [0.2, 0.25) is 5.91 Å². The van der Waals surface area contributed by atoms with E-state index in [2.05, 4.69) is 15.3 Å². The van der Waals surface area contributed by atoms with E-state index in [-0.39, 0.29) is 11.7 Å². The number of H-pyrrole nitrogens is 1. The maximum atomic E-state index is 12.4. The van der Waals surface area contributed by atoms with Crippen LogP contribution in [0.3, 0.4) is 0 Å². The van der Waals surface area contributed by atoms with E-state index in [0.717, 1.165) is 33.2 Å². The van der Waals surface area contributed by atoms with Gasteiger partial charge in [0, 0.05) is 17.1 Å². The van der Waals surface area contributed by atoms with Gasteiger partial charge in [0.1, 0.15) is 5.75 Å². The van der Waals surface area contributed by atoms with Crippen LogP contribution in [0.4, 0.5) is 5.69 Å². The van der Waals surface area contributed by atoms with Gasteiger partial charge in [-0.15, -0.1) is 0 Å². The van der Waals surface area contributed by atoms with Crippen molar-refractivity contribution in [3.05, 3.63) is 60.7 Å². The van der Waals surface area contributed by atoms with E-state index in [1.807, 2.05) is 60.7 Å². The molecule has 0 aliphatic carbocycles. The van der Waals surface area contributed by atoms with Crippen molar-refractivity contribution in [1.82, 2.24) is 9.97 Å². The van der Waals surface area contributed by atoms with Crippen molar-refractivity contribution in [3.8, 4) is 5.75 Å². The number of fused-ring (bicyclic) bond motifs is 2. The summed E-state index contributed by atoms with van der Waals surface area (Å²) in [5, 5.41) is 5.83. The van der Waals surface area contributed by atoms with Gasteiger partial charge in [0.05, 0.1) is 23.9 Å². The summed E-state index contributed by atoms with van der Waals surface area (Å²) < 4.78 is 5.21. The number of thioether (sulfide) groups is 1. The fourth-order valence-corrected chi connectivity index (χ4v) is 3.50. The SMILES string of the molecule is COc1ccc2nc(SCC(=O)Nc3cccc4ccccc34)[nH]c2c1. The van der Waals surface area contributed by atoms with Gasteiger partial charge in [-0.2, -0.15) is 0 Å². The van der Waals surface area contributed by atoms with Gasteiger partial charge in [-0.3, -0.25) is 4.79 Å². The lowest BCUT2D eigenvalue weighted by Gasteiger charge is -2.08. The molecule has 0 fully saturated rings. The number of amides is 1. The van der Waals surface area contributed by atoms with Gasteiger partial charge < -0.3 is 15.0 Å². The molecule has 1 amide bonds. The van der Waals surface area contributed by atoms with Crippen LogP contribution in [0.25, 0.3) is 21.8 Å². The molecule has 1 heterocycles. The number of rotatable bonds is 5. The fraction of sp³-hybridized carbons (Fsp3) is 0.100. The molecule has 4 aromatic rings. The first kappa shape index (κ1) is 16.5. The molecule has 0 aliphatic rings. The molecule has 130 valence electrons. The first-order valence-electron chi connectivity index (χ1n) is 8.17. The van der Waals surface area contributed by atoms with Gasteiger partial charge in [-0.25, -0.2) is 4.98 Å². The van der Waals surface area contributed by atoms with Crippen LogP contribution in [0.1, 0.15) is 0 Å². The molecule has 5 nitrogen and oxygen atoms in total. The average Bonchev–Trinajstić information content (AvgIpc) is 3.08. The van der Waals surface area contributed by atoms with Crippen molar-refractivity contribution < 1.29 is 9.53 Å². The van der Waals surface area contributed by atoms with Crippen LogP contribution < -0.4 is 10.1 Å². The van der Waals surface area contributed by atoms with Gasteiger partial charge in [0.25, 0.3) is 0 Å². The van der Waals surface area contributed by atoms with E-state index in [0.29, 0.717) is 5.16 Å². The highest BCUT2D eigenvalue weighted by Gasteiger charge is 2.09. The van der Waals surface area contributed by atoms with Gasteiger partial charge in [-0.05, 0) is 23.6 Å². The first-order valence-corrected chi connectivity index (χ1v) is 9.16. The number of methoxy groups -OCH3 is 1. The third-order valence-electron chi connectivity index (χ3n) is 4.07. The van der Waals surface area contributed by atoms with Crippen molar-refractivity contribution in [2.45, 2.75) is 5.16 Å². The normalized spacial score (nSPS) is 11.0.